The van der Waals surface area contributed by atoms with Crippen molar-refractivity contribution in [2.75, 3.05) is 0 Å². The van der Waals surface area contributed by atoms with Crippen molar-refractivity contribution in [1.29, 1.82) is 0 Å². The molecule has 1 heterocycles. The van der Waals surface area contributed by atoms with E-state index in [1.807, 2.05) is 43.3 Å². The summed E-state index contributed by atoms with van der Waals surface area (Å²) >= 11 is 0. The molecule has 3 amide bonds. The Balaban J connectivity index is 1.70. The molecule has 1 aliphatic rings. The second-order valence-corrected chi connectivity index (χ2v) is 8.80. The number of benzene rings is 2. The monoisotopic (exact) mass is 446 g/mol. The first-order valence-electron chi connectivity index (χ1n) is 10.3. The molecule has 0 aromatic heterocycles. The third-order valence-corrected chi connectivity index (χ3v) is 5.97. The Kier molecular flexibility index (Phi) is 8.37. The first-order valence-corrected chi connectivity index (χ1v) is 11.8. The number of urea groups is 1. The average molecular weight is 446 g/mol. The maximum Gasteiger partial charge on any atom is 0.497 e. The Labute approximate surface area is 182 Å². The maximum absolute atomic E-state index is 13.3. The van der Waals surface area contributed by atoms with Gasteiger partial charge in [0.05, 0.1) is 13.2 Å². The van der Waals surface area contributed by atoms with Crippen molar-refractivity contribution in [1.82, 2.24) is 10.4 Å². The fourth-order valence-corrected chi connectivity index (χ4v) is 4.19. The van der Waals surface area contributed by atoms with E-state index in [2.05, 4.69) is 5.32 Å². The molecule has 166 valence electrons. The highest BCUT2D eigenvalue weighted by Gasteiger charge is 2.40. The Morgan fingerprint density at radius 3 is 2.00 bits per heavy atom. The molecule has 2 aromatic rings. The van der Waals surface area contributed by atoms with Crippen LogP contribution in [0.1, 0.15) is 43.7 Å². The smallest absolute Gasteiger partial charge is 0.333 e. The number of hydrogen-bond acceptors (Lipinski definition) is 6. The predicted octanol–water partition coefficient (Wildman–Crippen LogP) is 4.96. The number of carbonyl (C=O) groups is 2. The molecular weight excluding hydrogens is 419 g/mol. The van der Waals surface area contributed by atoms with Crippen LogP contribution in [-0.4, -0.2) is 23.0 Å². The number of phosphoric acid groups is 1. The van der Waals surface area contributed by atoms with Crippen LogP contribution in [0.25, 0.3) is 0 Å². The maximum atomic E-state index is 13.3. The SMILES string of the molecule is CCCCC1CC(=O)N(OP(=O)(OCc2ccccc2)OCc2ccccc2)C(=O)N1. The molecular formula is C22H27N2O6P. The molecule has 1 N–H and O–H groups in total. The lowest BCUT2D eigenvalue weighted by Crippen LogP contribution is -2.54. The van der Waals surface area contributed by atoms with E-state index >= 15 is 0 Å². The summed E-state index contributed by atoms with van der Waals surface area (Å²) in [4.78, 5) is 25.0. The second kappa shape index (κ2) is 11.2. The van der Waals surface area contributed by atoms with Crippen LogP contribution in [0.4, 0.5) is 4.79 Å². The second-order valence-electron chi connectivity index (χ2n) is 7.23. The van der Waals surface area contributed by atoms with Gasteiger partial charge < -0.3 is 5.32 Å². The van der Waals surface area contributed by atoms with Gasteiger partial charge in [-0.1, -0.05) is 80.4 Å². The summed E-state index contributed by atoms with van der Waals surface area (Å²) in [5.74, 6) is -0.586. The number of nitrogens with zero attached hydrogens (tertiary/aromatic N) is 1. The van der Waals surface area contributed by atoms with Crippen molar-refractivity contribution < 1.29 is 27.8 Å². The van der Waals surface area contributed by atoms with E-state index in [0.29, 0.717) is 11.5 Å². The normalized spacial score (nSPS) is 16.9. The van der Waals surface area contributed by atoms with Gasteiger partial charge in [-0.25, -0.2) is 9.36 Å². The molecule has 1 unspecified atom stereocenters. The molecule has 1 aliphatic heterocycles. The van der Waals surface area contributed by atoms with Crippen LogP contribution in [0.5, 0.6) is 0 Å². The van der Waals surface area contributed by atoms with Crippen LogP contribution in [0.15, 0.2) is 60.7 Å². The summed E-state index contributed by atoms with van der Waals surface area (Å²) in [7, 11) is -4.29. The minimum atomic E-state index is -4.29. The molecule has 2 aromatic carbocycles. The molecule has 0 spiro atoms. The average Bonchev–Trinajstić information content (AvgIpc) is 2.79. The molecule has 0 saturated carbocycles. The van der Waals surface area contributed by atoms with Crippen molar-refractivity contribution in [2.24, 2.45) is 0 Å². The molecule has 0 bridgehead atoms. The van der Waals surface area contributed by atoms with Crippen molar-refractivity contribution >= 4 is 19.8 Å². The fourth-order valence-electron chi connectivity index (χ4n) is 3.04. The lowest BCUT2D eigenvalue weighted by atomic mass is 10.1. The number of hydroxylamine groups is 2. The molecule has 1 saturated heterocycles. The number of rotatable bonds is 11. The molecule has 1 atom stereocenters. The van der Waals surface area contributed by atoms with E-state index in [1.54, 1.807) is 24.3 Å². The Morgan fingerprint density at radius 1 is 0.968 bits per heavy atom. The summed E-state index contributed by atoms with van der Waals surface area (Å²) in [5, 5.41) is 3.17. The van der Waals surface area contributed by atoms with Crippen LogP contribution in [0.2, 0.25) is 0 Å². The van der Waals surface area contributed by atoms with Crippen LogP contribution >= 0.6 is 7.82 Å². The Bertz CT molecular complexity index is 843. The van der Waals surface area contributed by atoms with Gasteiger partial charge in [-0.3, -0.25) is 13.8 Å². The largest absolute Gasteiger partial charge is 0.497 e. The van der Waals surface area contributed by atoms with Gasteiger partial charge in [0.25, 0.3) is 5.91 Å². The highest BCUT2D eigenvalue weighted by molar-refractivity contribution is 7.48. The third kappa shape index (κ3) is 7.01. The number of hydrogen-bond donors (Lipinski definition) is 1. The van der Waals surface area contributed by atoms with E-state index in [1.165, 1.54) is 0 Å². The Morgan fingerprint density at radius 2 is 1.52 bits per heavy atom. The minimum Gasteiger partial charge on any atom is -0.333 e. The number of phosphoric ester groups is 1. The van der Waals surface area contributed by atoms with Crippen LogP contribution in [0, 0.1) is 0 Å². The molecule has 0 radical (unpaired) electrons. The zero-order valence-electron chi connectivity index (χ0n) is 17.4. The van der Waals surface area contributed by atoms with E-state index in [0.717, 1.165) is 24.0 Å². The summed E-state index contributed by atoms with van der Waals surface area (Å²) in [6.45, 7) is 1.89. The van der Waals surface area contributed by atoms with Gasteiger partial charge in [0.2, 0.25) is 0 Å². The standard InChI is InChI=1S/C22H27N2O6P/c1-2-3-14-20-15-21(25)24(22(26)23-20)30-31(27,28-16-18-10-6-4-7-11-18)29-17-19-12-8-5-9-13-19/h4-13,20H,2-3,14-17H2,1H3,(H,23,26). The number of imide groups is 1. The molecule has 8 nitrogen and oxygen atoms in total. The lowest BCUT2D eigenvalue weighted by Gasteiger charge is -2.31. The van der Waals surface area contributed by atoms with Crippen molar-refractivity contribution in [3.05, 3.63) is 71.8 Å². The predicted molar refractivity (Wildman–Crippen MR) is 114 cm³/mol. The highest BCUT2D eigenvalue weighted by atomic mass is 31.2. The lowest BCUT2D eigenvalue weighted by molar-refractivity contribution is -0.155. The Hall–Kier alpha value is -2.51. The molecule has 9 heteroatoms. The van der Waals surface area contributed by atoms with Crippen LogP contribution < -0.4 is 5.32 Å². The number of carbonyl (C=O) groups excluding carboxylic acids is 2. The topological polar surface area (TPSA) is 94.2 Å². The minimum absolute atomic E-state index is 0.0586. The van der Waals surface area contributed by atoms with E-state index in [4.69, 9.17) is 13.7 Å². The number of unbranched alkanes of at least 4 members (excludes halogenated alkanes) is 1. The number of nitrogens with one attached hydrogen (secondary N) is 1. The van der Waals surface area contributed by atoms with E-state index < -0.39 is 19.8 Å². The zero-order valence-corrected chi connectivity index (χ0v) is 18.3. The first kappa shape index (κ1) is 23.2. The van der Waals surface area contributed by atoms with Gasteiger partial charge in [0.15, 0.2) is 0 Å². The first-order chi connectivity index (χ1) is 15.0. The summed E-state index contributed by atoms with van der Waals surface area (Å²) in [5.41, 5.74) is 1.48. The molecule has 3 rings (SSSR count). The van der Waals surface area contributed by atoms with Gasteiger partial charge in [0.1, 0.15) is 0 Å². The summed E-state index contributed by atoms with van der Waals surface area (Å²) in [6.07, 6.45) is 2.59. The fraction of sp³-hybridized carbons (Fsp3) is 0.364. The molecule has 0 aliphatic carbocycles. The highest BCUT2D eigenvalue weighted by Crippen LogP contribution is 2.52. The summed E-state index contributed by atoms with van der Waals surface area (Å²) in [6, 6.07) is 17.1. The zero-order chi connectivity index (χ0) is 22.1. The molecule has 1 fully saturated rings. The van der Waals surface area contributed by atoms with Gasteiger partial charge >= 0.3 is 13.9 Å². The van der Waals surface area contributed by atoms with Crippen LogP contribution in [-0.2, 0) is 36.2 Å². The van der Waals surface area contributed by atoms with Crippen molar-refractivity contribution in [3.8, 4) is 0 Å². The summed E-state index contributed by atoms with van der Waals surface area (Å²) < 4.78 is 29.5. The van der Waals surface area contributed by atoms with Crippen molar-refractivity contribution in [3.63, 3.8) is 0 Å². The van der Waals surface area contributed by atoms with E-state index in [9.17, 15) is 14.2 Å². The molecule has 31 heavy (non-hydrogen) atoms. The van der Waals surface area contributed by atoms with E-state index in [-0.39, 0.29) is 25.7 Å². The van der Waals surface area contributed by atoms with Gasteiger partial charge in [0, 0.05) is 12.5 Å². The quantitative estimate of drug-likeness (QED) is 0.491. The van der Waals surface area contributed by atoms with Gasteiger partial charge in [-0.05, 0) is 17.5 Å². The van der Waals surface area contributed by atoms with Gasteiger partial charge in [-0.15, -0.1) is 5.06 Å². The van der Waals surface area contributed by atoms with Crippen molar-refractivity contribution in [2.45, 2.75) is 51.9 Å². The number of amides is 3. The third-order valence-electron chi connectivity index (χ3n) is 4.71. The van der Waals surface area contributed by atoms with Crippen LogP contribution in [0.3, 0.4) is 0 Å². The van der Waals surface area contributed by atoms with Gasteiger partial charge in [-0.2, -0.15) is 4.62 Å².